The third kappa shape index (κ3) is 2.79. The van der Waals surface area contributed by atoms with Gasteiger partial charge in [0.2, 0.25) is 0 Å². The molecule has 0 aromatic carbocycles. The fraction of sp³-hybridized carbons (Fsp3) is 0.733. The van der Waals surface area contributed by atoms with E-state index in [2.05, 4.69) is 21.8 Å². The maximum Gasteiger partial charge on any atom is 0.135 e. The molecule has 20 heavy (non-hydrogen) atoms. The van der Waals surface area contributed by atoms with Crippen LogP contribution in [0.5, 0.6) is 0 Å². The molecule has 0 saturated carbocycles. The number of morpholine rings is 1. The molecule has 1 aliphatic heterocycles. The summed E-state index contributed by atoms with van der Waals surface area (Å²) < 4.78 is 5.72. The lowest BCUT2D eigenvalue weighted by atomic mass is 10.1. The van der Waals surface area contributed by atoms with Gasteiger partial charge in [-0.1, -0.05) is 6.42 Å². The van der Waals surface area contributed by atoms with Crippen molar-refractivity contribution in [1.82, 2.24) is 9.97 Å². The van der Waals surface area contributed by atoms with Crippen LogP contribution in [0.1, 0.15) is 37.4 Å². The first-order valence-corrected chi connectivity index (χ1v) is 7.62. The normalized spacial score (nSPS) is 27.0. The van der Waals surface area contributed by atoms with Gasteiger partial charge in [-0.05, 0) is 32.6 Å². The number of aryl methyl sites for hydroxylation is 1. The van der Waals surface area contributed by atoms with Crippen LogP contribution in [0.2, 0.25) is 0 Å². The number of ether oxygens (including phenoxy) is 1. The quantitative estimate of drug-likeness (QED) is 0.827. The number of hydrogen-bond donors (Lipinski definition) is 1. The third-order valence-corrected chi connectivity index (χ3v) is 4.18. The van der Waals surface area contributed by atoms with Gasteiger partial charge in [-0.15, -0.1) is 0 Å². The minimum Gasteiger partial charge on any atom is -0.394 e. The summed E-state index contributed by atoms with van der Waals surface area (Å²) in [4.78, 5) is 11.3. The molecule has 1 aromatic heterocycles. The van der Waals surface area contributed by atoms with Crippen LogP contribution in [-0.4, -0.2) is 47.0 Å². The molecule has 2 unspecified atom stereocenters. The lowest BCUT2D eigenvalue weighted by Crippen LogP contribution is -2.48. The Labute approximate surface area is 120 Å². The van der Waals surface area contributed by atoms with Gasteiger partial charge in [0.15, 0.2) is 0 Å². The topological polar surface area (TPSA) is 58.5 Å². The van der Waals surface area contributed by atoms with E-state index in [1.807, 2.05) is 0 Å². The molecule has 3 rings (SSSR count). The smallest absolute Gasteiger partial charge is 0.135 e. The van der Waals surface area contributed by atoms with Crippen molar-refractivity contribution in [3.05, 3.63) is 17.6 Å². The second-order valence-electron chi connectivity index (χ2n) is 5.84. The zero-order valence-corrected chi connectivity index (χ0v) is 12.1. The molecular formula is C15H23N3O2. The predicted octanol–water partition coefficient (Wildman–Crippen LogP) is 1.33. The Kier molecular flexibility index (Phi) is 4.17. The Bertz CT molecular complexity index is 466. The average molecular weight is 277 g/mol. The van der Waals surface area contributed by atoms with Crippen LogP contribution in [0.3, 0.4) is 0 Å². The van der Waals surface area contributed by atoms with Crippen LogP contribution in [0, 0.1) is 0 Å². The molecular weight excluding hydrogens is 254 g/mol. The first-order valence-electron chi connectivity index (χ1n) is 7.62. The molecule has 0 radical (unpaired) electrons. The Balaban J connectivity index is 1.89. The molecule has 5 nitrogen and oxygen atoms in total. The summed E-state index contributed by atoms with van der Waals surface area (Å²) in [6.45, 7) is 3.66. The van der Waals surface area contributed by atoms with E-state index < -0.39 is 0 Å². The van der Waals surface area contributed by atoms with Gasteiger partial charge in [0.25, 0.3) is 0 Å². The zero-order chi connectivity index (χ0) is 13.9. The Morgan fingerprint density at radius 2 is 2.10 bits per heavy atom. The second kappa shape index (κ2) is 6.06. The van der Waals surface area contributed by atoms with Crippen molar-refractivity contribution < 1.29 is 9.84 Å². The maximum atomic E-state index is 9.37. The second-order valence-corrected chi connectivity index (χ2v) is 5.84. The molecule has 1 N–H and O–H groups in total. The number of nitrogens with zero attached hydrogens (tertiary/aromatic N) is 3. The Hall–Kier alpha value is -1.20. The van der Waals surface area contributed by atoms with Crippen molar-refractivity contribution in [2.45, 2.75) is 51.2 Å². The van der Waals surface area contributed by atoms with Gasteiger partial charge >= 0.3 is 0 Å². The standard InChI is InChI=1S/C15H23N3O2/c1-11-7-18(8-12(9-19)20-11)15-13-5-3-2-4-6-14(13)16-10-17-15/h10-12,19H,2-9H2,1H3. The van der Waals surface area contributed by atoms with Gasteiger partial charge in [-0.3, -0.25) is 0 Å². The number of anilines is 1. The maximum absolute atomic E-state index is 9.37. The molecule has 2 atom stereocenters. The number of aromatic nitrogens is 2. The van der Waals surface area contributed by atoms with Crippen LogP contribution in [0.15, 0.2) is 6.33 Å². The molecule has 1 aliphatic carbocycles. The van der Waals surface area contributed by atoms with Crippen molar-refractivity contribution in [3.63, 3.8) is 0 Å². The van der Waals surface area contributed by atoms with Gasteiger partial charge in [0.1, 0.15) is 12.1 Å². The summed E-state index contributed by atoms with van der Waals surface area (Å²) >= 11 is 0. The molecule has 2 heterocycles. The highest BCUT2D eigenvalue weighted by Crippen LogP contribution is 2.28. The van der Waals surface area contributed by atoms with Gasteiger partial charge in [0, 0.05) is 24.3 Å². The number of rotatable bonds is 2. The summed E-state index contributed by atoms with van der Waals surface area (Å²) in [7, 11) is 0. The monoisotopic (exact) mass is 277 g/mol. The molecule has 110 valence electrons. The van der Waals surface area contributed by atoms with Crippen LogP contribution in [0.4, 0.5) is 5.82 Å². The summed E-state index contributed by atoms with van der Waals surface area (Å²) in [5.74, 6) is 1.06. The predicted molar refractivity (Wildman–Crippen MR) is 76.9 cm³/mol. The number of aliphatic hydroxyl groups is 1. The fourth-order valence-corrected chi connectivity index (χ4v) is 3.27. The number of hydrogen-bond acceptors (Lipinski definition) is 5. The van der Waals surface area contributed by atoms with Crippen LogP contribution in [0.25, 0.3) is 0 Å². The number of aliphatic hydroxyl groups excluding tert-OH is 1. The molecule has 1 fully saturated rings. The van der Waals surface area contributed by atoms with E-state index in [1.54, 1.807) is 6.33 Å². The minimum absolute atomic E-state index is 0.0636. The zero-order valence-electron chi connectivity index (χ0n) is 12.1. The lowest BCUT2D eigenvalue weighted by Gasteiger charge is -2.37. The molecule has 0 amide bonds. The van der Waals surface area contributed by atoms with Crippen molar-refractivity contribution >= 4 is 5.82 Å². The van der Waals surface area contributed by atoms with Gasteiger partial charge in [-0.2, -0.15) is 0 Å². The van der Waals surface area contributed by atoms with Crippen molar-refractivity contribution in [3.8, 4) is 0 Å². The van der Waals surface area contributed by atoms with E-state index in [4.69, 9.17) is 4.74 Å². The van der Waals surface area contributed by atoms with Gasteiger partial charge < -0.3 is 14.7 Å². The Morgan fingerprint density at radius 1 is 1.25 bits per heavy atom. The summed E-state index contributed by atoms with van der Waals surface area (Å²) in [5.41, 5.74) is 2.53. The van der Waals surface area contributed by atoms with Crippen molar-refractivity contribution in [1.29, 1.82) is 0 Å². The Morgan fingerprint density at radius 3 is 2.95 bits per heavy atom. The lowest BCUT2D eigenvalue weighted by molar-refractivity contribution is -0.0423. The van der Waals surface area contributed by atoms with E-state index >= 15 is 0 Å². The van der Waals surface area contributed by atoms with Crippen LogP contribution in [-0.2, 0) is 17.6 Å². The van der Waals surface area contributed by atoms with E-state index in [9.17, 15) is 5.11 Å². The van der Waals surface area contributed by atoms with Gasteiger partial charge in [0.05, 0.1) is 18.8 Å². The minimum atomic E-state index is -0.116. The van der Waals surface area contributed by atoms with Crippen molar-refractivity contribution in [2.24, 2.45) is 0 Å². The number of fused-ring (bicyclic) bond motifs is 1. The van der Waals surface area contributed by atoms with E-state index in [0.29, 0.717) is 6.54 Å². The first-order chi connectivity index (χ1) is 9.78. The van der Waals surface area contributed by atoms with Crippen LogP contribution < -0.4 is 4.90 Å². The van der Waals surface area contributed by atoms with E-state index in [-0.39, 0.29) is 18.8 Å². The molecule has 0 bridgehead atoms. The van der Waals surface area contributed by atoms with E-state index in [1.165, 1.54) is 30.5 Å². The van der Waals surface area contributed by atoms with Crippen molar-refractivity contribution in [2.75, 3.05) is 24.6 Å². The molecule has 2 aliphatic rings. The molecule has 1 aromatic rings. The highest BCUT2D eigenvalue weighted by atomic mass is 16.5. The average Bonchev–Trinajstić information content (AvgIpc) is 2.71. The largest absolute Gasteiger partial charge is 0.394 e. The highest BCUT2D eigenvalue weighted by molar-refractivity contribution is 5.49. The summed E-state index contributed by atoms with van der Waals surface area (Å²) in [6.07, 6.45) is 7.54. The third-order valence-electron chi connectivity index (χ3n) is 4.18. The molecule has 5 heteroatoms. The van der Waals surface area contributed by atoms with Gasteiger partial charge in [-0.25, -0.2) is 9.97 Å². The van der Waals surface area contributed by atoms with Crippen LogP contribution >= 0.6 is 0 Å². The molecule has 0 spiro atoms. The molecule has 1 saturated heterocycles. The van der Waals surface area contributed by atoms with E-state index in [0.717, 1.165) is 25.2 Å². The SMILES string of the molecule is CC1CN(c2ncnc3c2CCCCC3)CC(CO)O1. The summed E-state index contributed by atoms with van der Waals surface area (Å²) in [6, 6.07) is 0. The summed E-state index contributed by atoms with van der Waals surface area (Å²) in [5, 5.41) is 9.37. The highest BCUT2D eigenvalue weighted by Gasteiger charge is 2.28. The first kappa shape index (κ1) is 13.8. The fourth-order valence-electron chi connectivity index (χ4n) is 3.27.